The van der Waals surface area contributed by atoms with Gasteiger partial charge in [-0.15, -0.1) is 0 Å². The van der Waals surface area contributed by atoms with Crippen molar-refractivity contribution < 1.29 is 23.8 Å². The average molecular weight is 445 g/mol. The van der Waals surface area contributed by atoms with Crippen LogP contribution in [0.25, 0.3) is 0 Å². The zero-order valence-electron chi connectivity index (χ0n) is 14.7. The Balaban J connectivity index is 1.50. The van der Waals surface area contributed by atoms with Crippen LogP contribution in [0.4, 0.5) is 4.79 Å². The molecule has 2 unspecified atom stereocenters. The third-order valence-corrected chi connectivity index (χ3v) is 5.10. The van der Waals surface area contributed by atoms with Crippen LogP contribution >= 0.6 is 15.9 Å². The summed E-state index contributed by atoms with van der Waals surface area (Å²) in [6.07, 6.45) is 0. The first-order valence-corrected chi connectivity index (χ1v) is 9.37. The van der Waals surface area contributed by atoms with Crippen LogP contribution in [0.15, 0.2) is 59.2 Å². The summed E-state index contributed by atoms with van der Waals surface area (Å²) >= 11 is 3.38. The topological polar surface area (TPSA) is 85.9 Å². The number of rotatable bonds is 4. The Morgan fingerprint density at radius 2 is 1.93 bits per heavy atom. The summed E-state index contributed by atoms with van der Waals surface area (Å²) in [6, 6.07) is 11.8. The van der Waals surface area contributed by atoms with Crippen molar-refractivity contribution in [2.75, 3.05) is 6.79 Å². The van der Waals surface area contributed by atoms with Gasteiger partial charge in [0.15, 0.2) is 11.5 Å². The highest BCUT2D eigenvalue weighted by Crippen LogP contribution is 2.34. The van der Waals surface area contributed by atoms with Crippen LogP contribution in [0.5, 0.6) is 11.5 Å². The van der Waals surface area contributed by atoms with E-state index in [1.807, 2.05) is 30.3 Å². The van der Waals surface area contributed by atoms with Gasteiger partial charge < -0.3 is 24.8 Å². The largest absolute Gasteiger partial charge is 0.460 e. The van der Waals surface area contributed by atoms with E-state index < -0.39 is 24.0 Å². The summed E-state index contributed by atoms with van der Waals surface area (Å²) in [6.45, 7) is 4.10. The molecule has 1 saturated heterocycles. The minimum absolute atomic E-state index is 0.0697. The van der Waals surface area contributed by atoms with Crippen molar-refractivity contribution >= 4 is 27.9 Å². The molecule has 2 aromatic rings. The van der Waals surface area contributed by atoms with Crippen molar-refractivity contribution in [3.63, 3.8) is 0 Å². The van der Waals surface area contributed by atoms with Gasteiger partial charge in [0.05, 0.1) is 6.04 Å². The Labute approximate surface area is 169 Å². The van der Waals surface area contributed by atoms with Crippen molar-refractivity contribution in [3.05, 3.63) is 70.3 Å². The molecule has 7 nitrogen and oxygen atoms in total. The Kier molecular flexibility index (Phi) is 4.95. The van der Waals surface area contributed by atoms with Gasteiger partial charge in [0.25, 0.3) is 0 Å². The maximum Gasteiger partial charge on any atom is 0.319 e. The number of nitrogens with one attached hydrogen (secondary N) is 2. The zero-order chi connectivity index (χ0) is 19.7. The Morgan fingerprint density at radius 1 is 1.18 bits per heavy atom. The highest BCUT2D eigenvalue weighted by molar-refractivity contribution is 9.10. The van der Waals surface area contributed by atoms with Gasteiger partial charge in [0, 0.05) is 10.2 Å². The van der Waals surface area contributed by atoms with E-state index in [0.717, 1.165) is 15.6 Å². The zero-order valence-corrected chi connectivity index (χ0v) is 16.3. The van der Waals surface area contributed by atoms with Gasteiger partial charge in [-0.1, -0.05) is 40.7 Å². The first kappa shape index (κ1) is 18.4. The highest BCUT2D eigenvalue weighted by atomic mass is 79.9. The molecule has 0 aliphatic carbocycles. The lowest BCUT2D eigenvalue weighted by molar-refractivity contribution is -0.149. The van der Waals surface area contributed by atoms with E-state index in [9.17, 15) is 9.59 Å². The monoisotopic (exact) mass is 444 g/mol. The van der Waals surface area contributed by atoms with Crippen LogP contribution in [0, 0.1) is 5.92 Å². The lowest BCUT2D eigenvalue weighted by Crippen LogP contribution is -2.51. The molecule has 1 fully saturated rings. The molecule has 2 aromatic carbocycles. The molecule has 0 bridgehead atoms. The molecule has 8 heteroatoms. The molecule has 2 amide bonds. The van der Waals surface area contributed by atoms with Crippen molar-refractivity contribution in [2.24, 2.45) is 5.92 Å². The number of esters is 1. The number of halogens is 1. The third-order valence-electron chi connectivity index (χ3n) is 4.57. The van der Waals surface area contributed by atoms with E-state index >= 15 is 0 Å². The standard InChI is InChI=1S/C20H17BrN2O5/c1-11-17(18(23-20(25)22-11)13-3-5-14(21)6-4-13)19(24)26-9-12-2-7-15-16(8-12)28-10-27-15/h2-8,17-18H,1,9-10H2,(H2,22,23,25). The second kappa shape index (κ2) is 7.55. The predicted octanol–water partition coefficient (Wildman–Crippen LogP) is 3.41. The molecule has 0 spiro atoms. The first-order chi connectivity index (χ1) is 13.5. The lowest BCUT2D eigenvalue weighted by atomic mass is 9.89. The SMILES string of the molecule is C=C1NC(=O)NC(c2ccc(Br)cc2)C1C(=O)OCc1ccc2c(c1)OCO2. The molecule has 2 aliphatic rings. The van der Waals surface area contributed by atoms with Crippen LogP contribution < -0.4 is 20.1 Å². The van der Waals surface area contributed by atoms with Crippen LogP contribution in [-0.4, -0.2) is 18.8 Å². The lowest BCUT2D eigenvalue weighted by Gasteiger charge is -2.33. The Bertz CT molecular complexity index is 944. The molecular weight excluding hydrogens is 428 g/mol. The summed E-state index contributed by atoms with van der Waals surface area (Å²) in [5, 5.41) is 5.34. The van der Waals surface area contributed by atoms with Gasteiger partial charge in [-0.05, 0) is 35.4 Å². The maximum atomic E-state index is 12.8. The first-order valence-electron chi connectivity index (χ1n) is 8.58. The molecule has 4 rings (SSSR count). The van der Waals surface area contributed by atoms with E-state index in [1.165, 1.54) is 0 Å². The van der Waals surface area contributed by atoms with Gasteiger partial charge >= 0.3 is 12.0 Å². The van der Waals surface area contributed by atoms with Crippen LogP contribution in [0.2, 0.25) is 0 Å². The smallest absolute Gasteiger partial charge is 0.319 e. The summed E-state index contributed by atoms with van der Waals surface area (Å²) in [7, 11) is 0. The van der Waals surface area contributed by atoms with E-state index in [-0.39, 0.29) is 13.4 Å². The fraction of sp³-hybridized carbons (Fsp3) is 0.200. The van der Waals surface area contributed by atoms with Crippen molar-refractivity contribution in [2.45, 2.75) is 12.6 Å². The highest BCUT2D eigenvalue weighted by Gasteiger charge is 2.38. The van der Waals surface area contributed by atoms with Crippen LogP contribution in [0.1, 0.15) is 17.2 Å². The molecule has 0 radical (unpaired) electrons. The van der Waals surface area contributed by atoms with Crippen molar-refractivity contribution in [3.8, 4) is 11.5 Å². The van der Waals surface area contributed by atoms with E-state index in [4.69, 9.17) is 14.2 Å². The molecule has 2 atom stereocenters. The molecule has 28 heavy (non-hydrogen) atoms. The van der Waals surface area contributed by atoms with E-state index in [0.29, 0.717) is 17.2 Å². The Morgan fingerprint density at radius 3 is 2.71 bits per heavy atom. The molecule has 0 aromatic heterocycles. The average Bonchev–Trinajstić information content (AvgIpc) is 3.14. The number of carbonyl (C=O) groups is 2. The summed E-state index contributed by atoms with van der Waals surface area (Å²) in [4.78, 5) is 24.7. The second-order valence-corrected chi connectivity index (χ2v) is 7.34. The fourth-order valence-electron chi connectivity index (χ4n) is 3.18. The van der Waals surface area contributed by atoms with Crippen LogP contribution in [-0.2, 0) is 16.1 Å². The number of fused-ring (bicyclic) bond motifs is 1. The van der Waals surface area contributed by atoms with Crippen LogP contribution in [0.3, 0.4) is 0 Å². The number of benzene rings is 2. The Hall–Kier alpha value is -3.00. The maximum absolute atomic E-state index is 12.8. The molecule has 0 saturated carbocycles. The molecule has 2 N–H and O–H groups in total. The number of carbonyl (C=O) groups excluding carboxylic acids is 2. The molecular formula is C20H17BrN2O5. The molecule has 2 aliphatic heterocycles. The molecule has 144 valence electrons. The van der Waals surface area contributed by atoms with Gasteiger partial charge in [-0.2, -0.15) is 0 Å². The quantitative estimate of drug-likeness (QED) is 0.705. The van der Waals surface area contributed by atoms with Gasteiger partial charge in [-0.25, -0.2) is 4.79 Å². The number of urea groups is 1. The van der Waals surface area contributed by atoms with Crippen molar-refractivity contribution in [1.82, 2.24) is 10.6 Å². The predicted molar refractivity (Wildman–Crippen MR) is 104 cm³/mol. The normalized spacial score (nSPS) is 20.3. The number of hydrogen-bond donors (Lipinski definition) is 2. The van der Waals surface area contributed by atoms with Crippen molar-refractivity contribution in [1.29, 1.82) is 0 Å². The number of ether oxygens (including phenoxy) is 3. The van der Waals surface area contributed by atoms with Gasteiger partial charge in [-0.3, -0.25) is 4.79 Å². The molecule has 2 heterocycles. The van der Waals surface area contributed by atoms with Gasteiger partial charge in [0.1, 0.15) is 12.5 Å². The summed E-state index contributed by atoms with van der Waals surface area (Å²) < 4.78 is 17.0. The third kappa shape index (κ3) is 3.68. The summed E-state index contributed by atoms with van der Waals surface area (Å²) in [5.41, 5.74) is 1.85. The van der Waals surface area contributed by atoms with E-state index in [1.54, 1.807) is 12.1 Å². The minimum Gasteiger partial charge on any atom is -0.460 e. The minimum atomic E-state index is -0.757. The number of hydrogen-bond acceptors (Lipinski definition) is 5. The van der Waals surface area contributed by atoms with Gasteiger partial charge in [0.2, 0.25) is 6.79 Å². The fourth-order valence-corrected chi connectivity index (χ4v) is 3.45. The van der Waals surface area contributed by atoms with E-state index in [2.05, 4.69) is 33.1 Å². The summed E-state index contributed by atoms with van der Waals surface area (Å²) in [5.74, 6) is 0.0474. The number of amides is 2. The second-order valence-electron chi connectivity index (χ2n) is 6.43.